The molecule has 0 aromatic heterocycles. The Morgan fingerprint density at radius 3 is 2.48 bits per heavy atom. The summed E-state index contributed by atoms with van der Waals surface area (Å²) in [6, 6.07) is 3.49. The standard InChI is InChI=1S/C16H22FNO3/c1-10-5-6-11(17)7-13(10)15(21)18-12(8-14(19)20)9-16(2,3)4/h5-7,12H,8-9H2,1-4H3,(H,18,21)(H,19,20). The Balaban J connectivity index is 2.89. The topological polar surface area (TPSA) is 66.4 Å². The zero-order chi connectivity index (χ0) is 16.2. The van der Waals surface area contributed by atoms with E-state index in [1.54, 1.807) is 6.92 Å². The van der Waals surface area contributed by atoms with E-state index in [4.69, 9.17) is 5.11 Å². The fraction of sp³-hybridized carbons (Fsp3) is 0.500. The summed E-state index contributed by atoms with van der Waals surface area (Å²) in [5, 5.41) is 11.7. The maximum absolute atomic E-state index is 13.3. The molecule has 0 bridgehead atoms. The van der Waals surface area contributed by atoms with E-state index in [0.717, 1.165) is 0 Å². The van der Waals surface area contributed by atoms with Crippen molar-refractivity contribution in [1.29, 1.82) is 0 Å². The van der Waals surface area contributed by atoms with Gasteiger partial charge in [-0.05, 0) is 36.5 Å². The van der Waals surface area contributed by atoms with E-state index in [1.165, 1.54) is 18.2 Å². The van der Waals surface area contributed by atoms with Crippen molar-refractivity contribution >= 4 is 11.9 Å². The molecule has 4 nitrogen and oxygen atoms in total. The first kappa shape index (κ1) is 17.1. The zero-order valence-corrected chi connectivity index (χ0v) is 12.9. The predicted octanol–water partition coefficient (Wildman–Crippen LogP) is 3.14. The Labute approximate surface area is 124 Å². The third kappa shape index (κ3) is 5.94. The molecule has 1 atom stereocenters. The van der Waals surface area contributed by atoms with Gasteiger partial charge in [0.15, 0.2) is 0 Å². The highest BCUT2D eigenvalue weighted by molar-refractivity contribution is 5.96. The van der Waals surface area contributed by atoms with E-state index in [9.17, 15) is 14.0 Å². The third-order valence-corrected chi connectivity index (χ3v) is 3.06. The summed E-state index contributed by atoms with van der Waals surface area (Å²) in [5.74, 6) is -1.90. The largest absolute Gasteiger partial charge is 0.481 e. The highest BCUT2D eigenvalue weighted by atomic mass is 19.1. The first-order valence-corrected chi connectivity index (χ1v) is 6.87. The number of benzene rings is 1. The lowest BCUT2D eigenvalue weighted by atomic mass is 9.87. The van der Waals surface area contributed by atoms with Crippen LogP contribution in [-0.2, 0) is 4.79 Å². The van der Waals surface area contributed by atoms with Crippen molar-refractivity contribution in [2.45, 2.75) is 46.6 Å². The van der Waals surface area contributed by atoms with Crippen LogP contribution in [0, 0.1) is 18.2 Å². The van der Waals surface area contributed by atoms with Gasteiger partial charge in [0.05, 0.1) is 6.42 Å². The van der Waals surface area contributed by atoms with E-state index >= 15 is 0 Å². The summed E-state index contributed by atoms with van der Waals surface area (Å²) >= 11 is 0. The van der Waals surface area contributed by atoms with Crippen molar-refractivity contribution in [2.75, 3.05) is 0 Å². The number of carbonyl (C=O) groups is 2. The lowest BCUT2D eigenvalue weighted by Crippen LogP contribution is -2.39. The predicted molar refractivity (Wildman–Crippen MR) is 78.7 cm³/mol. The fourth-order valence-electron chi connectivity index (χ4n) is 2.23. The van der Waals surface area contributed by atoms with Gasteiger partial charge in [-0.25, -0.2) is 4.39 Å². The molecule has 0 saturated carbocycles. The van der Waals surface area contributed by atoms with Crippen molar-refractivity contribution in [2.24, 2.45) is 5.41 Å². The molecule has 0 aliphatic carbocycles. The minimum Gasteiger partial charge on any atom is -0.481 e. The van der Waals surface area contributed by atoms with E-state index in [2.05, 4.69) is 5.32 Å². The lowest BCUT2D eigenvalue weighted by molar-refractivity contribution is -0.137. The van der Waals surface area contributed by atoms with Gasteiger partial charge in [-0.3, -0.25) is 9.59 Å². The molecule has 1 aromatic rings. The van der Waals surface area contributed by atoms with Gasteiger partial charge in [0.25, 0.3) is 5.91 Å². The molecule has 1 amide bonds. The average Bonchev–Trinajstić information content (AvgIpc) is 2.28. The molecule has 0 saturated heterocycles. The van der Waals surface area contributed by atoms with Gasteiger partial charge >= 0.3 is 5.97 Å². The Hall–Kier alpha value is -1.91. The van der Waals surface area contributed by atoms with Crippen LogP contribution in [-0.4, -0.2) is 23.0 Å². The Morgan fingerprint density at radius 1 is 1.33 bits per heavy atom. The van der Waals surface area contributed by atoms with Crippen LogP contribution in [0.1, 0.15) is 49.5 Å². The van der Waals surface area contributed by atoms with E-state index in [0.29, 0.717) is 12.0 Å². The summed E-state index contributed by atoms with van der Waals surface area (Å²) in [6.45, 7) is 7.63. The second-order valence-corrected chi connectivity index (χ2v) is 6.49. The first-order valence-electron chi connectivity index (χ1n) is 6.87. The zero-order valence-electron chi connectivity index (χ0n) is 12.9. The van der Waals surface area contributed by atoms with Crippen molar-refractivity contribution in [1.82, 2.24) is 5.32 Å². The molecule has 116 valence electrons. The first-order chi connectivity index (χ1) is 9.58. The number of halogens is 1. The van der Waals surface area contributed by atoms with Gasteiger partial charge in [-0.15, -0.1) is 0 Å². The molecule has 2 N–H and O–H groups in total. The SMILES string of the molecule is Cc1ccc(F)cc1C(=O)NC(CC(=O)O)CC(C)(C)C. The van der Waals surface area contributed by atoms with Crippen LogP contribution >= 0.6 is 0 Å². The molecule has 0 radical (unpaired) electrons. The fourth-order valence-corrected chi connectivity index (χ4v) is 2.23. The van der Waals surface area contributed by atoms with Gasteiger partial charge in [-0.1, -0.05) is 26.8 Å². The normalized spacial score (nSPS) is 12.8. The maximum Gasteiger partial charge on any atom is 0.305 e. The van der Waals surface area contributed by atoms with Gasteiger partial charge in [-0.2, -0.15) is 0 Å². The minimum atomic E-state index is -0.972. The van der Waals surface area contributed by atoms with Gasteiger partial charge in [0, 0.05) is 11.6 Å². The Kier molecular flexibility index (Phi) is 5.47. The number of nitrogens with one attached hydrogen (secondary N) is 1. The maximum atomic E-state index is 13.3. The van der Waals surface area contributed by atoms with Crippen LogP contribution in [0.25, 0.3) is 0 Å². The number of amides is 1. The monoisotopic (exact) mass is 295 g/mol. The summed E-state index contributed by atoms with van der Waals surface area (Å²) in [7, 11) is 0. The van der Waals surface area contributed by atoms with E-state index in [1.807, 2.05) is 20.8 Å². The average molecular weight is 295 g/mol. The number of carbonyl (C=O) groups excluding carboxylic acids is 1. The second-order valence-electron chi connectivity index (χ2n) is 6.49. The van der Waals surface area contributed by atoms with Gasteiger partial charge < -0.3 is 10.4 Å². The van der Waals surface area contributed by atoms with Crippen molar-refractivity contribution < 1.29 is 19.1 Å². The molecular formula is C16H22FNO3. The third-order valence-electron chi connectivity index (χ3n) is 3.06. The summed E-state index contributed by atoms with van der Waals surface area (Å²) in [6.07, 6.45) is 0.372. The molecule has 5 heteroatoms. The quantitative estimate of drug-likeness (QED) is 0.877. The molecule has 1 unspecified atom stereocenters. The summed E-state index contributed by atoms with van der Waals surface area (Å²) in [4.78, 5) is 23.1. The van der Waals surface area contributed by atoms with E-state index < -0.39 is 23.7 Å². The van der Waals surface area contributed by atoms with E-state index in [-0.39, 0.29) is 17.4 Å². The van der Waals surface area contributed by atoms with Crippen LogP contribution in [0.4, 0.5) is 4.39 Å². The Morgan fingerprint density at radius 2 is 1.95 bits per heavy atom. The molecule has 0 spiro atoms. The van der Waals surface area contributed by atoms with Crippen LogP contribution in [0.3, 0.4) is 0 Å². The number of aryl methyl sites for hydroxylation is 1. The highest BCUT2D eigenvalue weighted by Gasteiger charge is 2.23. The van der Waals surface area contributed by atoms with Gasteiger partial charge in [0.2, 0.25) is 0 Å². The molecule has 1 rings (SSSR count). The molecular weight excluding hydrogens is 273 g/mol. The number of carboxylic acids is 1. The molecule has 0 fully saturated rings. The van der Waals surface area contributed by atoms with Crippen LogP contribution in [0.15, 0.2) is 18.2 Å². The number of rotatable bonds is 5. The van der Waals surface area contributed by atoms with Crippen LogP contribution < -0.4 is 5.32 Å². The molecule has 0 heterocycles. The molecule has 0 aliphatic heterocycles. The van der Waals surface area contributed by atoms with Crippen molar-refractivity contribution in [3.05, 3.63) is 35.1 Å². The molecule has 1 aromatic carbocycles. The molecule has 21 heavy (non-hydrogen) atoms. The summed E-state index contributed by atoms with van der Waals surface area (Å²) < 4.78 is 13.3. The van der Waals surface area contributed by atoms with Crippen molar-refractivity contribution in [3.63, 3.8) is 0 Å². The number of carboxylic acid groups (broad SMARTS) is 1. The number of hydrogen-bond donors (Lipinski definition) is 2. The smallest absolute Gasteiger partial charge is 0.305 e. The lowest BCUT2D eigenvalue weighted by Gasteiger charge is -2.26. The van der Waals surface area contributed by atoms with Crippen molar-refractivity contribution in [3.8, 4) is 0 Å². The summed E-state index contributed by atoms with van der Waals surface area (Å²) in [5.41, 5.74) is 0.766. The molecule has 0 aliphatic rings. The second kappa shape index (κ2) is 6.70. The highest BCUT2D eigenvalue weighted by Crippen LogP contribution is 2.22. The number of aliphatic carboxylic acids is 1. The Bertz CT molecular complexity index is 535. The van der Waals surface area contributed by atoms with Gasteiger partial charge in [0.1, 0.15) is 5.82 Å². The number of hydrogen-bond acceptors (Lipinski definition) is 2. The van der Waals surface area contributed by atoms with Crippen LogP contribution in [0.2, 0.25) is 0 Å². The minimum absolute atomic E-state index is 0.121. The van der Waals surface area contributed by atoms with Crippen LogP contribution in [0.5, 0.6) is 0 Å².